The van der Waals surface area contributed by atoms with E-state index in [1.807, 2.05) is 6.20 Å². The van der Waals surface area contributed by atoms with Crippen molar-refractivity contribution in [3.63, 3.8) is 0 Å². The zero-order valence-electron chi connectivity index (χ0n) is 14.0. The highest BCUT2D eigenvalue weighted by Crippen LogP contribution is 2.28. The predicted octanol–water partition coefficient (Wildman–Crippen LogP) is 3.44. The number of rotatable bonds is 2. The summed E-state index contributed by atoms with van der Waals surface area (Å²) in [5.41, 5.74) is 1.49. The molecular formula is C17H31N3O. The van der Waals surface area contributed by atoms with Gasteiger partial charge < -0.3 is 16.0 Å². The Balaban J connectivity index is 1.84. The van der Waals surface area contributed by atoms with Crippen molar-refractivity contribution in [2.75, 3.05) is 0 Å². The first-order chi connectivity index (χ1) is 9.76. The number of hydrogen-bond acceptors (Lipinski definition) is 2. The van der Waals surface area contributed by atoms with Crippen LogP contribution in [0.1, 0.15) is 72.6 Å². The highest BCUT2D eigenvalue weighted by molar-refractivity contribution is 5.75. The van der Waals surface area contributed by atoms with Crippen LogP contribution in [-0.2, 0) is 0 Å². The number of nitrogens with one attached hydrogen (secondary N) is 3. The third-order valence-corrected chi connectivity index (χ3v) is 4.43. The van der Waals surface area contributed by atoms with Crippen LogP contribution in [0.25, 0.3) is 0 Å². The molecule has 0 radical (unpaired) electrons. The Morgan fingerprint density at radius 3 is 2.24 bits per heavy atom. The van der Waals surface area contributed by atoms with Gasteiger partial charge in [0.25, 0.3) is 0 Å². The molecule has 2 amide bonds. The van der Waals surface area contributed by atoms with Crippen LogP contribution in [-0.4, -0.2) is 23.2 Å². The smallest absolute Gasteiger partial charge is 0.318 e. The van der Waals surface area contributed by atoms with Crippen molar-refractivity contribution < 1.29 is 4.79 Å². The maximum atomic E-state index is 12.1. The van der Waals surface area contributed by atoms with Crippen LogP contribution in [0.15, 0.2) is 11.8 Å². The highest BCUT2D eigenvalue weighted by atomic mass is 16.2. The molecule has 21 heavy (non-hydrogen) atoms. The molecule has 4 heteroatoms. The van der Waals surface area contributed by atoms with Gasteiger partial charge in [0.1, 0.15) is 0 Å². The monoisotopic (exact) mass is 293 g/mol. The second kappa shape index (κ2) is 6.39. The average molecular weight is 293 g/mol. The van der Waals surface area contributed by atoms with Crippen LogP contribution in [0.4, 0.5) is 4.79 Å². The lowest BCUT2D eigenvalue weighted by Crippen LogP contribution is -2.62. The molecule has 2 fully saturated rings. The lowest BCUT2D eigenvalue weighted by Gasteiger charge is -2.46. The molecule has 0 aromatic carbocycles. The zero-order chi connectivity index (χ0) is 15.5. The largest absolute Gasteiger partial charge is 0.335 e. The molecule has 2 rings (SSSR count). The summed E-state index contributed by atoms with van der Waals surface area (Å²) in [6.45, 7) is 8.80. The summed E-state index contributed by atoms with van der Waals surface area (Å²) in [4.78, 5) is 12.1. The first kappa shape index (κ1) is 16.3. The Morgan fingerprint density at radius 2 is 1.67 bits per heavy atom. The SMILES string of the molecule is CC1(C)CC(NC(=O)NC=C2CCCCC2)CC(C)(C)N1. The maximum Gasteiger partial charge on any atom is 0.318 e. The molecule has 0 aromatic rings. The second-order valence-corrected chi connectivity index (χ2v) is 7.98. The Hall–Kier alpha value is -1.03. The molecule has 1 aliphatic carbocycles. The van der Waals surface area contributed by atoms with Gasteiger partial charge in [0, 0.05) is 23.3 Å². The molecule has 1 saturated carbocycles. The van der Waals surface area contributed by atoms with Gasteiger partial charge in [0.15, 0.2) is 0 Å². The van der Waals surface area contributed by atoms with Gasteiger partial charge in [-0.15, -0.1) is 0 Å². The van der Waals surface area contributed by atoms with Crippen molar-refractivity contribution in [2.24, 2.45) is 0 Å². The van der Waals surface area contributed by atoms with Crippen molar-refractivity contribution in [1.29, 1.82) is 0 Å². The van der Waals surface area contributed by atoms with E-state index in [0.717, 1.165) is 25.7 Å². The average Bonchev–Trinajstić information content (AvgIpc) is 2.33. The molecule has 0 atom stereocenters. The minimum absolute atomic E-state index is 0.0571. The molecular weight excluding hydrogens is 262 g/mol. The maximum absolute atomic E-state index is 12.1. The van der Waals surface area contributed by atoms with E-state index in [1.54, 1.807) is 0 Å². The quantitative estimate of drug-likeness (QED) is 0.730. The van der Waals surface area contributed by atoms with Gasteiger partial charge in [-0.25, -0.2) is 4.79 Å². The van der Waals surface area contributed by atoms with Crippen molar-refractivity contribution >= 4 is 6.03 Å². The molecule has 0 aromatic heterocycles. The van der Waals surface area contributed by atoms with Gasteiger partial charge in [-0.1, -0.05) is 12.0 Å². The van der Waals surface area contributed by atoms with E-state index in [4.69, 9.17) is 0 Å². The van der Waals surface area contributed by atoms with Gasteiger partial charge in [0.05, 0.1) is 0 Å². The highest BCUT2D eigenvalue weighted by Gasteiger charge is 2.38. The number of allylic oxidation sites excluding steroid dienone is 1. The Bertz CT molecular complexity index is 388. The number of piperidine rings is 1. The molecule has 0 unspecified atom stereocenters. The first-order valence-corrected chi connectivity index (χ1v) is 8.30. The van der Waals surface area contributed by atoms with Gasteiger partial charge in [0.2, 0.25) is 0 Å². The summed E-state index contributed by atoms with van der Waals surface area (Å²) >= 11 is 0. The van der Waals surface area contributed by atoms with Crippen molar-refractivity contribution in [3.05, 3.63) is 11.8 Å². The van der Waals surface area contributed by atoms with E-state index in [0.29, 0.717) is 0 Å². The van der Waals surface area contributed by atoms with Crippen LogP contribution < -0.4 is 16.0 Å². The number of amides is 2. The summed E-state index contributed by atoms with van der Waals surface area (Å²) in [6.07, 6.45) is 9.94. The fourth-order valence-corrected chi connectivity index (χ4v) is 3.97. The normalized spacial score (nSPS) is 25.2. The zero-order valence-corrected chi connectivity index (χ0v) is 14.0. The summed E-state index contributed by atoms with van der Waals surface area (Å²) in [5.74, 6) is 0. The fraction of sp³-hybridized carbons (Fsp3) is 0.824. The number of hydrogen-bond donors (Lipinski definition) is 3. The Morgan fingerprint density at radius 1 is 1.10 bits per heavy atom. The van der Waals surface area contributed by atoms with Crippen molar-refractivity contribution in [2.45, 2.75) is 89.8 Å². The summed E-state index contributed by atoms with van der Waals surface area (Å²) in [5, 5.41) is 9.69. The molecule has 1 heterocycles. The predicted molar refractivity (Wildman–Crippen MR) is 87.2 cm³/mol. The van der Waals surface area contributed by atoms with Crippen LogP contribution in [0.3, 0.4) is 0 Å². The van der Waals surface area contributed by atoms with Gasteiger partial charge in [-0.3, -0.25) is 0 Å². The summed E-state index contributed by atoms with van der Waals surface area (Å²) < 4.78 is 0. The van der Waals surface area contributed by atoms with Crippen LogP contribution in [0.5, 0.6) is 0 Å². The molecule has 1 aliphatic heterocycles. The number of carbonyl (C=O) groups is 1. The Labute approximate surface area is 129 Å². The van der Waals surface area contributed by atoms with E-state index >= 15 is 0 Å². The van der Waals surface area contributed by atoms with E-state index < -0.39 is 0 Å². The van der Waals surface area contributed by atoms with Crippen LogP contribution in [0.2, 0.25) is 0 Å². The van der Waals surface area contributed by atoms with E-state index in [2.05, 4.69) is 43.6 Å². The molecule has 0 spiro atoms. The van der Waals surface area contributed by atoms with Gasteiger partial charge in [-0.05, 0) is 66.2 Å². The summed E-state index contributed by atoms with van der Waals surface area (Å²) in [6, 6.07) is 0.160. The topological polar surface area (TPSA) is 53.2 Å². The minimum atomic E-state index is -0.0634. The molecule has 4 nitrogen and oxygen atoms in total. The standard InChI is InChI=1S/C17H31N3O/c1-16(2)10-14(11-17(3,4)20-16)19-15(21)18-12-13-8-6-5-7-9-13/h12,14,20H,5-11H2,1-4H3,(H2,18,19,21). The summed E-state index contributed by atoms with van der Waals surface area (Å²) in [7, 11) is 0. The van der Waals surface area contributed by atoms with Gasteiger partial charge in [-0.2, -0.15) is 0 Å². The molecule has 0 bridgehead atoms. The van der Waals surface area contributed by atoms with E-state index in [1.165, 1.54) is 24.8 Å². The number of urea groups is 1. The Kier molecular flexibility index (Phi) is 4.97. The lowest BCUT2D eigenvalue weighted by atomic mass is 9.80. The van der Waals surface area contributed by atoms with Crippen molar-refractivity contribution in [1.82, 2.24) is 16.0 Å². The minimum Gasteiger partial charge on any atom is -0.335 e. The molecule has 3 N–H and O–H groups in total. The second-order valence-electron chi connectivity index (χ2n) is 7.98. The van der Waals surface area contributed by atoms with Gasteiger partial charge >= 0.3 is 6.03 Å². The third-order valence-electron chi connectivity index (χ3n) is 4.43. The van der Waals surface area contributed by atoms with Crippen molar-refractivity contribution in [3.8, 4) is 0 Å². The number of carbonyl (C=O) groups excluding carboxylic acids is 1. The molecule has 2 aliphatic rings. The van der Waals surface area contributed by atoms with Crippen LogP contribution in [0, 0.1) is 0 Å². The first-order valence-electron chi connectivity index (χ1n) is 8.30. The lowest BCUT2D eigenvalue weighted by molar-refractivity contribution is 0.148. The third kappa shape index (κ3) is 5.34. The molecule has 120 valence electrons. The van der Waals surface area contributed by atoms with Crippen LogP contribution >= 0.6 is 0 Å². The molecule has 1 saturated heterocycles. The fourth-order valence-electron chi connectivity index (χ4n) is 3.97. The van der Waals surface area contributed by atoms with E-state index in [9.17, 15) is 4.79 Å². The van der Waals surface area contributed by atoms with E-state index in [-0.39, 0.29) is 23.2 Å².